The number of carboxylic acid groups (broad SMARTS) is 1. The van der Waals surface area contributed by atoms with Gasteiger partial charge in [-0.05, 0) is 41.8 Å². The smallest absolute Gasteiger partial charge is 0.412 e. The van der Waals surface area contributed by atoms with Crippen molar-refractivity contribution in [3.8, 4) is 28.2 Å². The third-order valence-corrected chi connectivity index (χ3v) is 6.22. The van der Waals surface area contributed by atoms with Crippen molar-refractivity contribution >= 4 is 29.4 Å². The van der Waals surface area contributed by atoms with E-state index in [4.69, 9.17) is 30.7 Å². The first-order valence-electron chi connectivity index (χ1n) is 11.2. The maximum absolute atomic E-state index is 12.5. The van der Waals surface area contributed by atoms with Crippen molar-refractivity contribution in [3.05, 3.63) is 88.6 Å². The standard InChI is InChI=1S/C27H21ClN2O6/c1-15(19-4-2-3-5-22(19)28)35-27(33)30-23-13-29-36-26(23)17-7-9-21-20-8-6-16(11-25(31)32)10-18(20)14-34-24(21)12-17/h2-10,12-13,15H,11,14H2,1H3,(H,30,33)(H,31,32). The molecule has 1 atom stereocenters. The number of nitrogens with one attached hydrogen (secondary N) is 1. The second-order valence-electron chi connectivity index (χ2n) is 8.32. The number of fused-ring (bicyclic) bond motifs is 3. The van der Waals surface area contributed by atoms with E-state index in [0.717, 1.165) is 22.3 Å². The van der Waals surface area contributed by atoms with Crippen molar-refractivity contribution in [1.82, 2.24) is 5.16 Å². The Labute approximate surface area is 211 Å². The van der Waals surface area contributed by atoms with Crippen LogP contribution in [0.15, 0.2) is 71.4 Å². The van der Waals surface area contributed by atoms with Crippen LogP contribution in [0.5, 0.6) is 5.75 Å². The number of halogens is 1. The van der Waals surface area contributed by atoms with E-state index in [9.17, 15) is 9.59 Å². The maximum Gasteiger partial charge on any atom is 0.412 e. The van der Waals surface area contributed by atoms with Crippen LogP contribution in [0.25, 0.3) is 22.5 Å². The highest BCUT2D eigenvalue weighted by molar-refractivity contribution is 6.31. The van der Waals surface area contributed by atoms with Gasteiger partial charge in [0.2, 0.25) is 0 Å². The van der Waals surface area contributed by atoms with Gasteiger partial charge in [0.25, 0.3) is 0 Å². The van der Waals surface area contributed by atoms with E-state index in [1.54, 1.807) is 25.1 Å². The zero-order valence-electron chi connectivity index (χ0n) is 19.2. The molecule has 0 spiro atoms. The number of benzene rings is 3. The Hall–Kier alpha value is -4.30. The molecule has 3 aromatic carbocycles. The van der Waals surface area contributed by atoms with Gasteiger partial charge >= 0.3 is 12.1 Å². The number of hydrogen-bond donors (Lipinski definition) is 2. The molecular formula is C27H21ClN2O6. The van der Waals surface area contributed by atoms with E-state index in [1.807, 2.05) is 42.5 Å². The molecular weight excluding hydrogens is 484 g/mol. The number of carboxylic acids is 1. The summed E-state index contributed by atoms with van der Waals surface area (Å²) in [6, 6.07) is 18.3. The van der Waals surface area contributed by atoms with Crippen LogP contribution in [0, 0.1) is 0 Å². The van der Waals surface area contributed by atoms with Crippen LogP contribution in [0.1, 0.15) is 29.7 Å². The van der Waals surface area contributed by atoms with Gasteiger partial charge in [0.05, 0.1) is 12.6 Å². The number of carbonyl (C=O) groups is 2. The molecule has 0 bridgehead atoms. The third-order valence-electron chi connectivity index (χ3n) is 5.88. The molecule has 0 saturated heterocycles. The molecule has 4 aromatic rings. The van der Waals surface area contributed by atoms with E-state index in [0.29, 0.717) is 40.0 Å². The fourth-order valence-corrected chi connectivity index (χ4v) is 4.47. The summed E-state index contributed by atoms with van der Waals surface area (Å²) in [4.78, 5) is 23.6. The van der Waals surface area contributed by atoms with Crippen LogP contribution in [-0.2, 0) is 22.6 Å². The minimum atomic E-state index is -0.879. The van der Waals surface area contributed by atoms with Crippen LogP contribution < -0.4 is 10.1 Å². The molecule has 9 heteroatoms. The van der Waals surface area contributed by atoms with E-state index < -0.39 is 18.2 Å². The SMILES string of the molecule is CC(OC(=O)Nc1cnoc1-c1ccc2c(c1)OCc1cc(CC(=O)O)ccc1-2)c1ccccc1Cl. The lowest BCUT2D eigenvalue weighted by atomic mass is 9.93. The number of aliphatic carboxylic acids is 1. The monoisotopic (exact) mass is 504 g/mol. The van der Waals surface area contributed by atoms with Gasteiger partial charge in [-0.15, -0.1) is 0 Å². The molecule has 5 rings (SSSR count). The molecule has 0 aliphatic carbocycles. The number of carbonyl (C=O) groups excluding carboxylic acids is 1. The van der Waals surface area contributed by atoms with Crippen molar-refractivity contribution in [2.45, 2.75) is 26.1 Å². The minimum Gasteiger partial charge on any atom is -0.488 e. The number of hydrogen-bond acceptors (Lipinski definition) is 6. The fourth-order valence-electron chi connectivity index (χ4n) is 4.18. The average molecular weight is 505 g/mol. The lowest BCUT2D eigenvalue weighted by molar-refractivity contribution is -0.136. The van der Waals surface area contributed by atoms with Crippen molar-refractivity contribution in [2.24, 2.45) is 0 Å². The van der Waals surface area contributed by atoms with Crippen LogP contribution in [-0.4, -0.2) is 22.3 Å². The lowest BCUT2D eigenvalue weighted by Gasteiger charge is -2.22. The Morgan fingerprint density at radius 1 is 1.14 bits per heavy atom. The fraction of sp³-hybridized carbons (Fsp3) is 0.148. The first-order chi connectivity index (χ1) is 17.4. The van der Waals surface area contributed by atoms with Gasteiger partial charge in [-0.2, -0.15) is 0 Å². The molecule has 8 nitrogen and oxygen atoms in total. The molecule has 0 fully saturated rings. The van der Waals surface area contributed by atoms with E-state index in [-0.39, 0.29) is 6.42 Å². The molecule has 1 aromatic heterocycles. The second-order valence-corrected chi connectivity index (χ2v) is 8.73. The Bertz CT molecular complexity index is 1460. The molecule has 1 amide bonds. The summed E-state index contributed by atoms with van der Waals surface area (Å²) >= 11 is 6.20. The molecule has 2 heterocycles. The van der Waals surface area contributed by atoms with Crippen LogP contribution in [0.2, 0.25) is 5.02 Å². The number of nitrogens with zero attached hydrogens (tertiary/aromatic N) is 1. The highest BCUT2D eigenvalue weighted by Crippen LogP contribution is 2.41. The van der Waals surface area contributed by atoms with E-state index >= 15 is 0 Å². The van der Waals surface area contributed by atoms with Gasteiger partial charge in [-0.1, -0.05) is 59.2 Å². The van der Waals surface area contributed by atoms with Crippen molar-refractivity contribution < 1.29 is 28.7 Å². The van der Waals surface area contributed by atoms with Crippen molar-refractivity contribution in [3.63, 3.8) is 0 Å². The zero-order chi connectivity index (χ0) is 25.2. The van der Waals surface area contributed by atoms with Gasteiger partial charge < -0.3 is 19.1 Å². The highest BCUT2D eigenvalue weighted by atomic mass is 35.5. The van der Waals surface area contributed by atoms with Crippen LogP contribution in [0.4, 0.5) is 10.5 Å². The van der Waals surface area contributed by atoms with Crippen molar-refractivity contribution in [1.29, 1.82) is 0 Å². The summed E-state index contributed by atoms with van der Waals surface area (Å²) in [6.07, 6.45) is 0.124. The first kappa shape index (κ1) is 23.4. The summed E-state index contributed by atoms with van der Waals surface area (Å²) in [6.45, 7) is 2.05. The Balaban J connectivity index is 1.34. The van der Waals surface area contributed by atoms with Gasteiger partial charge in [0.1, 0.15) is 24.1 Å². The molecule has 0 radical (unpaired) electrons. The van der Waals surface area contributed by atoms with E-state index in [2.05, 4.69) is 10.5 Å². The highest BCUT2D eigenvalue weighted by Gasteiger charge is 2.22. The van der Waals surface area contributed by atoms with E-state index in [1.165, 1.54) is 6.20 Å². The molecule has 182 valence electrons. The summed E-state index contributed by atoms with van der Waals surface area (Å²) in [7, 11) is 0. The molecule has 36 heavy (non-hydrogen) atoms. The molecule has 1 aliphatic rings. The predicted octanol–water partition coefficient (Wildman–Crippen LogP) is 6.49. The Morgan fingerprint density at radius 3 is 2.75 bits per heavy atom. The number of anilines is 1. The Kier molecular flexibility index (Phi) is 6.35. The van der Waals surface area contributed by atoms with Gasteiger partial charge in [-0.25, -0.2) is 4.79 Å². The van der Waals surface area contributed by atoms with Gasteiger partial charge in [0, 0.05) is 21.7 Å². The summed E-state index contributed by atoms with van der Waals surface area (Å²) in [5.74, 6) is 0.116. The topological polar surface area (TPSA) is 111 Å². The first-order valence-corrected chi connectivity index (χ1v) is 11.5. The zero-order valence-corrected chi connectivity index (χ0v) is 19.9. The minimum absolute atomic E-state index is 0.0417. The average Bonchev–Trinajstić information content (AvgIpc) is 3.31. The largest absolute Gasteiger partial charge is 0.488 e. The summed E-state index contributed by atoms with van der Waals surface area (Å²) < 4.78 is 16.8. The lowest BCUT2D eigenvalue weighted by Crippen LogP contribution is -2.16. The Morgan fingerprint density at radius 2 is 1.94 bits per heavy atom. The number of rotatable bonds is 6. The number of ether oxygens (including phenoxy) is 2. The molecule has 1 aliphatic heterocycles. The quantitative estimate of drug-likeness (QED) is 0.308. The number of amides is 1. The number of aromatic nitrogens is 1. The van der Waals surface area contributed by atoms with Gasteiger partial charge in [0.15, 0.2) is 5.76 Å². The third kappa shape index (κ3) is 4.76. The second kappa shape index (κ2) is 9.75. The molecule has 2 N–H and O–H groups in total. The predicted molar refractivity (Wildman–Crippen MR) is 133 cm³/mol. The molecule has 0 saturated carbocycles. The normalized spacial score (nSPS) is 12.6. The maximum atomic E-state index is 12.5. The summed E-state index contributed by atoms with van der Waals surface area (Å²) in [5.41, 5.74) is 5.20. The van der Waals surface area contributed by atoms with Crippen LogP contribution >= 0.6 is 11.6 Å². The summed E-state index contributed by atoms with van der Waals surface area (Å²) in [5, 5.41) is 16.1. The van der Waals surface area contributed by atoms with Gasteiger partial charge in [-0.3, -0.25) is 10.1 Å². The van der Waals surface area contributed by atoms with Crippen molar-refractivity contribution in [2.75, 3.05) is 5.32 Å². The molecule has 1 unspecified atom stereocenters. The van der Waals surface area contributed by atoms with Crippen LogP contribution in [0.3, 0.4) is 0 Å².